The second-order valence-corrected chi connectivity index (χ2v) is 8.90. The molecule has 5 rings (SSSR count). The molecule has 1 aliphatic rings. The minimum atomic E-state index is -0.176. The Morgan fingerprint density at radius 2 is 1.97 bits per heavy atom. The summed E-state index contributed by atoms with van der Waals surface area (Å²) in [6, 6.07) is 7.17. The fourth-order valence-corrected chi connectivity index (χ4v) is 5.33. The molecule has 0 spiro atoms. The number of aromatic nitrogens is 3. The van der Waals surface area contributed by atoms with E-state index >= 15 is 0 Å². The topological polar surface area (TPSA) is 68.1 Å². The molecule has 1 N–H and O–H groups in total. The minimum Gasteiger partial charge on any atom is -0.480 e. The van der Waals surface area contributed by atoms with E-state index in [0.29, 0.717) is 33.9 Å². The molecule has 1 aliphatic carbocycles. The zero-order valence-electron chi connectivity index (χ0n) is 16.7. The number of fused-ring (bicyclic) bond motifs is 2. The van der Waals surface area contributed by atoms with Gasteiger partial charge in [0.05, 0.1) is 41.2 Å². The molecule has 0 saturated heterocycles. The van der Waals surface area contributed by atoms with Crippen LogP contribution in [0.2, 0.25) is 0 Å². The third-order valence-corrected chi connectivity index (χ3v) is 6.90. The number of methoxy groups -OCH3 is 1. The van der Waals surface area contributed by atoms with E-state index in [-0.39, 0.29) is 12.4 Å². The van der Waals surface area contributed by atoms with E-state index in [0.717, 1.165) is 27.3 Å². The summed E-state index contributed by atoms with van der Waals surface area (Å²) in [5.74, 6) is 0.816. The Morgan fingerprint density at radius 3 is 2.73 bits per heavy atom. The fourth-order valence-electron chi connectivity index (χ4n) is 4.31. The molecule has 0 bridgehead atoms. The van der Waals surface area contributed by atoms with Crippen LogP contribution >= 0.6 is 11.3 Å². The van der Waals surface area contributed by atoms with Crippen molar-refractivity contribution in [2.24, 2.45) is 5.92 Å². The normalized spacial score (nSPS) is 14.8. The van der Waals surface area contributed by atoms with Crippen molar-refractivity contribution in [3.8, 4) is 16.5 Å². The summed E-state index contributed by atoms with van der Waals surface area (Å²) in [5.41, 5.74) is 4.23. The Morgan fingerprint density at radius 1 is 1.13 bits per heavy atom. The number of ether oxygens (including phenoxy) is 1. The third kappa shape index (κ3) is 3.52. The highest BCUT2D eigenvalue weighted by Crippen LogP contribution is 2.37. The molecule has 2 aromatic heterocycles. The van der Waals surface area contributed by atoms with Gasteiger partial charge in [-0.2, -0.15) is 0 Å². The number of hydrogen-bond donors (Lipinski definition) is 1. The number of halogens is 1. The molecule has 5 nitrogen and oxygen atoms in total. The molecule has 2 heterocycles. The molecule has 7 heteroatoms. The van der Waals surface area contributed by atoms with Crippen LogP contribution in [0.5, 0.6) is 5.88 Å². The molecule has 154 valence electrons. The van der Waals surface area contributed by atoms with Crippen LogP contribution in [0.15, 0.2) is 30.5 Å². The Kier molecular flexibility index (Phi) is 5.08. The van der Waals surface area contributed by atoms with Crippen LogP contribution in [-0.2, 0) is 13.0 Å². The standard InChI is InChI=1S/C23H22FN3O2S/c1-29-21-11-25-22-16(7-14(12-28)8-19(22)26-21)23-27-18-10-17(24)15(9-20(18)30-23)6-13-4-2-3-5-13/h7-11,13,28H,2-6,12H2,1H3. The van der Waals surface area contributed by atoms with Crippen LogP contribution in [0.25, 0.3) is 31.8 Å². The van der Waals surface area contributed by atoms with E-state index < -0.39 is 0 Å². The summed E-state index contributed by atoms with van der Waals surface area (Å²) in [7, 11) is 1.54. The maximum absolute atomic E-state index is 14.7. The maximum atomic E-state index is 14.7. The van der Waals surface area contributed by atoms with Gasteiger partial charge in [-0.15, -0.1) is 11.3 Å². The summed E-state index contributed by atoms with van der Waals surface area (Å²) in [6.07, 6.45) is 7.24. The first-order valence-electron chi connectivity index (χ1n) is 10.2. The Bertz CT molecular complexity index is 1230. The number of nitrogens with zero attached hydrogens (tertiary/aromatic N) is 3. The van der Waals surface area contributed by atoms with Crippen LogP contribution in [-0.4, -0.2) is 27.2 Å². The Labute approximate surface area is 177 Å². The van der Waals surface area contributed by atoms with E-state index in [4.69, 9.17) is 4.74 Å². The number of hydrogen-bond acceptors (Lipinski definition) is 6. The predicted molar refractivity (Wildman–Crippen MR) is 116 cm³/mol. The van der Waals surface area contributed by atoms with Gasteiger partial charge in [0.2, 0.25) is 5.88 Å². The van der Waals surface area contributed by atoms with Crippen molar-refractivity contribution in [1.29, 1.82) is 0 Å². The quantitative estimate of drug-likeness (QED) is 0.473. The fraction of sp³-hybridized carbons (Fsp3) is 0.348. The summed E-state index contributed by atoms with van der Waals surface area (Å²) in [6.45, 7) is -0.118. The lowest BCUT2D eigenvalue weighted by atomic mass is 9.97. The number of aliphatic hydroxyl groups excluding tert-OH is 1. The van der Waals surface area contributed by atoms with Crippen LogP contribution < -0.4 is 4.74 Å². The third-order valence-electron chi connectivity index (χ3n) is 5.85. The SMILES string of the molecule is COc1cnc2c(-c3nc4cc(F)c(CC5CCCC5)cc4s3)cc(CO)cc2n1. The first-order chi connectivity index (χ1) is 14.6. The average molecular weight is 424 g/mol. The summed E-state index contributed by atoms with van der Waals surface area (Å²) in [5, 5.41) is 10.4. The minimum absolute atomic E-state index is 0.118. The molecule has 0 radical (unpaired) electrons. The van der Waals surface area contributed by atoms with E-state index in [1.54, 1.807) is 18.3 Å². The lowest BCUT2D eigenvalue weighted by Crippen LogP contribution is -2.01. The zero-order valence-corrected chi connectivity index (χ0v) is 17.5. The van der Waals surface area contributed by atoms with Crippen LogP contribution in [0.1, 0.15) is 36.8 Å². The van der Waals surface area contributed by atoms with Gasteiger partial charge < -0.3 is 9.84 Å². The van der Waals surface area contributed by atoms with Gasteiger partial charge in [0.15, 0.2) is 0 Å². The summed E-state index contributed by atoms with van der Waals surface area (Å²) < 4.78 is 20.9. The van der Waals surface area contributed by atoms with Crippen LogP contribution in [0.4, 0.5) is 4.39 Å². The van der Waals surface area contributed by atoms with Gasteiger partial charge >= 0.3 is 0 Å². The van der Waals surface area contributed by atoms with Crippen molar-refractivity contribution >= 4 is 32.6 Å². The Hall–Kier alpha value is -2.64. The van der Waals surface area contributed by atoms with E-state index in [9.17, 15) is 9.50 Å². The molecule has 0 amide bonds. The lowest BCUT2D eigenvalue weighted by Gasteiger charge is -2.09. The highest BCUT2D eigenvalue weighted by molar-refractivity contribution is 7.21. The van der Waals surface area contributed by atoms with E-state index in [2.05, 4.69) is 15.0 Å². The molecule has 30 heavy (non-hydrogen) atoms. The second kappa shape index (κ2) is 7.89. The van der Waals surface area contributed by atoms with Gasteiger partial charge in [0, 0.05) is 11.6 Å². The van der Waals surface area contributed by atoms with Crippen molar-refractivity contribution in [3.63, 3.8) is 0 Å². The van der Waals surface area contributed by atoms with E-state index in [1.807, 2.05) is 12.1 Å². The largest absolute Gasteiger partial charge is 0.480 e. The molecule has 1 saturated carbocycles. The number of rotatable bonds is 5. The maximum Gasteiger partial charge on any atom is 0.232 e. The zero-order chi connectivity index (χ0) is 20.7. The van der Waals surface area contributed by atoms with Gasteiger partial charge in [-0.05, 0) is 41.7 Å². The lowest BCUT2D eigenvalue weighted by molar-refractivity contribution is 0.282. The summed E-state index contributed by atoms with van der Waals surface area (Å²) >= 11 is 1.52. The van der Waals surface area contributed by atoms with Gasteiger partial charge in [-0.3, -0.25) is 0 Å². The molecule has 0 atom stereocenters. The highest BCUT2D eigenvalue weighted by atomic mass is 32.1. The Balaban J connectivity index is 1.61. The van der Waals surface area contributed by atoms with Crippen molar-refractivity contribution in [1.82, 2.24) is 15.0 Å². The van der Waals surface area contributed by atoms with Crippen molar-refractivity contribution in [3.05, 3.63) is 47.4 Å². The second-order valence-electron chi connectivity index (χ2n) is 7.87. The smallest absolute Gasteiger partial charge is 0.232 e. The number of benzene rings is 2. The van der Waals surface area contributed by atoms with Gasteiger partial charge in [0.25, 0.3) is 0 Å². The van der Waals surface area contributed by atoms with Gasteiger partial charge in [0.1, 0.15) is 10.8 Å². The molecule has 2 aromatic carbocycles. The number of thiazole rings is 1. The molecular weight excluding hydrogens is 401 g/mol. The van der Waals surface area contributed by atoms with Crippen molar-refractivity contribution in [2.45, 2.75) is 38.7 Å². The predicted octanol–water partition coefficient (Wildman–Crippen LogP) is 5.28. The van der Waals surface area contributed by atoms with Gasteiger partial charge in [-0.25, -0.2) is 19.3 Å². The average Bonchev–Trinajstić information content (AvgIpc) is 3.42. The van der Waals surface area contributed by atoms with Crippen LogP contribution in [0.3, 0.4) is 0 Å². The molecular formula is C23H22FN3O2S. The first-order valence-corrected chi connectivity index (χ1v) is 11.0. The highest BCUT2D eigenvalue weighted by Gasteiger charge is 2.19. The van der Waals surface area contributed by atoms with Gasteiger partial charge in [-0.1, -0.05) is 25.7 Å². The first kappa shape index (κ1) is 19.3. The summed E-state index contributed by atoms with van der Waals surface area (Å²) in [4.78, 5) is 13.6. The molecule has 0 unspecified atom stereocenters. The molecule has 4 aromatic rings. The molecule has 1 fully saturated rings. The van der Waals surface area contributed by atoms with E-state index in [1.165, 1.54) is 44.1 Å². The molecule has 0 aliphatic heterocycles. The monoisotopic (exact) mass is 423 g/mol. The van der Waals surface area contributed by atoms with Crippen molar-refractivity contribution in [2.75, 3.05) is 7.11 Å². The number of aliphatic hydroxyl groups is 1. The van der Waals surface area contributed by atoms with Crippen molar-refractivity contribution < 1.29 is 14.2 Å². The van der Waals surface area contributed by atoms with Crippen LogP contribution in [0, 0.1) is 11.7 Å².